The van der Waals surface area contributed by atoms with Gasteiger partial charge in [0, 0.05) is 59.6 Å². The van der Waals surface area contributed by atoms with Crippen molar-refractivity contribution in [1.82, 2.24) is 92.2 Å². The lowest BCUT2D eigenvalue weighted by atomic mass is 10.1. The third-order valence-electron chi connectivity index (χ3n) is 22.5. The molecule has 29 atom stereocenters. The molecule has 6 bridgehead atoms. The largest absolute Gasteiger partial charge is 0.472 e. The number of imidazole rings is 4. The Morgan fingerprint density at radius 3 is 1.14 bits per heavy atom. The average Bonchev–Trinajstić information content (AvgIpc) is 1.61. The Hall–Kier alpha value is -9.93. The number of H-pyrrole nitrogens is 4. The molecule has 9 fully saturated rings. The van der Waals surface area contributed by atoms with Crippen molar-refractivity contribution in [2.45, 2.75) is 148 Å². The summed E-state index contributed by atoms with van der Waals surface area (Å²) in [5, 5.41) is 56.6. The molecule has 69 heteroatoms. The van der Waals surface area contributed by atoms with E-state index in [2.05, 4.69) is 59.8 Å². The number of phosphoric ester groups is 6. The molecule has 21 heterocycles. The molecule has 720 valence electrons. The van der Waals surface area contributed by atoms with E-state index in [1.165, 1.54) is 61.8 Å². The van der Waals surface area contributed by atoms with Crippen molar-refractivity contribution >= 4 is 143 Å². The first-order chi connectivity index (χ1) is 63.5. The van der Waals surface area contributed by atoms with Crippen LogP contribution >= 0.6 is 46.9 Å². The molecule has 0 aliphatic carbocycles. The van der Waals surface area contributed by atoms with Crippen LogP contribution in [0, 0.1) is 0 Å². The standard InChI is InChI=1S/C22H26N8O13P2.C22H26N8O12P2.C21H24N8O14P2/c23-9-1-3-25-17-8(9)2-4-29(17)20-14(32)15-11(41-20)6-39-45(36,37)43-16-13(31)10(5-38-44(34,35)42-15)40-21(16)30-7-26-12-18(30)27-22(24)28-19(12)33;23-11-1-3-25-17-10(11)2-4-29(17)21-15(31)16-13(40-21)7-38-43(33,34)41-12-5-9(6-37-44(35,36)42-16)39-20(12)30-8-26-14-18(30)27-22(24)28-19(14)32;22-7-1-2-23-16-10(7)24-5-28(16)19-13(31)14-9(41-19)4-39-45(36,37)43-15-12(30)8(3-38-44(34,35)42-14)40-20(15)29-6-25-11-17(29)26-21(33)27-18(11)32/h1-4,7,10-11,13-16,20-21,31-32H,5-6H2,(H2,23,25)(H,34,35)(H,36,37)(H3,24,27,28,33);1-4,8-9,12-13,15-16,20-21,31H,5-7H2,(H2,23,25)(H,33,34)(H,35,36)(H3,24,27,28,32);1-2,5-6,8-9,12-15,19-20,30-31H,3-4H2,(H2,22,23)(H,34,35)(H,36,37)(H2,26,27,32,33)/t10-,11-,13-,14-,15-,16-,20-,21-;9-,12+,13+,15+,16+,20+,21+;8-,9-,12-,13-,14-,15-,19-,20-/m101/s1. The van der Waals surface area contributed by atoms with E-state index in [1.54, 1.807) is 30.5 Å². The highest BCUT2D eigenvalue weighted by atomic mass is 31.2. The fourth-order valence-electron chi connectivity index (χ4n) is 16.4. The van der Waals surface area contributed by atoms with Gasteiger partial charge in [0.05, 0.1) is 76.7 Å². The van der Waals surface area contributed by atoms with Crippen LogP contribution < -0.4 is 51.0 Å². The number of aliphatic hydroxyl groups excluding tert-OH is 5. The number of hydrogen-bond acceptors (Lipinski definition) is 47. The van der Waals surface area contributed by atoms with Crippen LogP contribution in [0.2, 0.25) is 0 Å². The minimum atomic E-state index is -5.13. The van der Waals surface area contributed by atoms with Gasteiger partial charge < -0.3 is 121 Å². The number of nitrogen functional groups attached to an aromatic ring is 5. The summed E-state index contributed by atoms with van der Waals surface area (Å²) in [7, 11) is -30.1. The first-order valence-corrected chi connectivity index (χ1v) is 48.4. The Kier molecular flexibility index (Phi) is 24.5. The third kappa shape index (κ3) is 17.9. The molecular weight excluding hydrogens is 1930 g/mol. The monoisotopic (exact) mass is 2000 g/mol. The second kappa shape index (κ2) is 35.3. The Balaban J connectivity index is 0.000000129. The summed E-state index contributed by atoms with van der Waals surface area (Å²) in [5.74, 6) is -0.490. The first-order valence-electron chi connectivity index (χ1n) is 39.4. The van der Waals surface area contributed by atoms with Crippen molar-refractivity contribution in [1.29, 1.82) is 0 Å². The molecule has 6 unspecified atom stereocenters. The van der Waals surface area contributed by atoms with Gasteiger partial charge in [0.15, 0.2) is 70.9 Å². The molecule has 12 aromatic rings. The summed E-state index contributed by atoms with van der Waals surface area (Å²) in [6.07, 6.45) is -22.5. The second-order valence-electron chi connectivity index (χ2n) is 31.0. The number of aromatic amines is 4. The predicted molar refractivity (Wildman–Crippen MR) is 438 cm³/mol. The Morgan fingerprint density at radius 1 is 0.328 bits per heavy atom. The molecule has 12 aromatic heterocycles. The summed E-state index contributed by atoms with van der Waals surface area (Å²) in [6, 6.07) is 7.93. The van der Waals surface area contributed by atoms with Gasteiger partial charge in [-0.2, -0.15) is 9.97 Å². The van der Waals surface area contributed by atoms with Gasteiger partial charge in [0.25, 0.3) is 16.7 Å². The maximum Gasteiger partial charge on any atom is 0.472 e. The smallest absolute Gasteiger partial charge is 0.398 e. The molecule has 9 aliphatic rings. The van der Waals surface area contributed by atoms with Gasteiger partial charge >= 0.3 is 52.6 Å². The molecule has 9 saturated heterocycles. The van der Waals surface area contributed by atoms with Gasteiger partial charge in [0.1, 0.15) is 120 Å². The van der Waals surface area contributed by atoms with Crippen molar-refractivity contribution in [2.24, 2.45) is 0 Å². The molecular formula is C65H76N24O39P6. The van der Waals surface area contributed by atoms with E-state index in [-0.39, 0.29) is 68.7 Å². The molecule has 0 amide bonds. The maximum atomic E-state index is 13.2. The molecule has 0 spiro atoms. The summed E-state index contributed by atoms with van der Waals surface area (Å²) in [5.41, 5.74) is 27.6. The van der Waals surface area contributed by atoms with Crippen molar-refractivity contribution in [3.8, 4) is 0 Å². The molecule has 21 rings (SSSR count). The third-order valence-corrected chi connectivity index (χ3v) is 28.4. The van der Waals surface area contributed by atoms with Gasteiger partial charge in [-0.05, 0) is 30.3 Å². The summed E-state index contributed by atoms with van der Waals surface area (Å²) in [6.45, 7) is -4.54. The highest BCUT2D eigenvalue weighted by Crippen LogP contribution is 2.59. The molecule has 134 heavy (non-hydrogen) atoms. The van der Waals surface area contributed by atoms with E-state index in [4.69, 9.17) is 111 Å². The number of phosphoric acid groups is 6. The predicted octanol–water partition coefficient (Wildman–Crippen LogP) is -3.26. The molecule has 63 nitrogen and oxygen atoms in total. The molecule has 25 N–H and O–H groups in total. The van der Waals surface area contributed by atoms with Crippen LogP contribution in [0.25, 0.3) is 66.7 Å². The number of ether oxygens (including phenoxy) is 6. The fraction of sp³-hybridized carbons (Fsp3) is 0.462. The van der Waals surface area contributed by atoms with E-state index in [9.17, 15) is 101 Å². The Bertz CT molecular complexity index is 7130. The number of pyridine rings is 3. The van der Waals surface area contributed by atoms with Gasteiger partial charge in [-0.15, -0.1) is 0 Å². The number of hydrogen-bond donors (Lipinski definition) is 20. The summed E-state index contributed by atoms with van der Waals surface area (Å²) >= 11 is 0. The van der Waals surface area contributed by atoms with E-state index in [1.807, 2.05) is 4.98 Å². The minimum Gasteiger partial charge on any atom is -0.398 e. The van der Waals surface area contributed by atoms with E-state index in [0.29, 0.717) is 33.4 Å². The van der Waals surface area contributed by atoms with Crippen LogP contribution in [-0.2, 0) is 110 Å². The Morgan fingerprint density at radius 2 is 0.679 bits per heavy atom. The summed E-state index contributed by atoms with van der Waals surface area (Å²) < 4.78 is 184. The minimum absolute atomic E-state index is 0.00611. The Labute approximate surface area is 741 Å². The van der Waals surface area contributed by atoms with E-state index in [0.717, 1.165) is 21.8 Å². The second-order valence-corrected chi connectivity index (χ2v) is 39.4. The fourth-order valence-corrected chi connectivity index (χ4v) is 22.1. The zero-order chi connectivity index (χ0) is 94.6. The first kappa shape index (κ1) is 93.1. The topological polar surface area (TPSA) is 898 Å². The molecule has 0 radical (unpaired) electrons. The van der Waals surface area contributed by atoms with Gasteiger partial charge in [0.2, 0.25) is 11.9 Å². The van der Waals surface area contributed by atoms with Crippen LogP contribution in [0.4, 0.5) is 29.0 Å². The summed E-state index contributed by atoms with van der Waals surface area (Å²) in [4.78, 5) is 158. The lowest BCUT2D eigenvalue weighted by Crippen LogP contribution is -2.36. The van der Waals surface area contributed by atoms with E-state index >= 15 is 0 Å². The normalized spacial score (nSPS) is 37.3. The quantitative estimate of drug-likeness (QED) is 0.0727. The lowest BCUT2D eigenvalue weighted by Gasteiger charge is -2.25. The number of nitrogens with two attached hydrogens (primary N) is 5. The van der Waals surface area contributed by atoms with Gasteiger partial charge in [-0.25, -0.2) is 67.1 Å². The van der Waals surface area contributed by atoms with Crippen molar-refractivity contribution in [2.75, 3.05) is 68.3 Å². The number of nitrogens with zero attached hydrogens (tertiary/aromatic N) is 15. The van der Waals surface area contributed by atoms with Crippen LogP contribution in [0.3, 0.4) is 0 Å². The van der Waals surface area contributed by atoms with Gasteiger partial charge in [-0.3, -0.25) is 107 Å². The van der Waals surface area contributed by atoms with Crippen molar-refractivity contribution in [3.63, 3.8) is 0 Å². The SMILES string of the molecule is Nc1ccnc2c1ncn2[C@@H]1O[C@@H]2COP(=O)(O)O[C@@H]3[C@H](O)[C@@H](COP(=O)(O)O[C@H]2[C@H]1O)O[C@H]3n1cnc2c(=O)[nH]c(=O)[nH]c21.Nc1nc2c(ncn2[C@@H]2O[C@@H]3COP(=O)(O)O[C@H]4[C@@H](O)[C@H](n5ccc6c(N)ccnc65)O[C@@H]4COP(=O)(O)O[C@@H]2C3)c(=O)[nH]1.Nc1nc2c(ncn2[C@@H]2O[C@@H]3COP(=O)(O)O[C@H]4[C@@H](O)[C@H](n5ccc6c(N)ccnc65)O[C@@H]4COP(=O)(O)O[C@@H]2[C@@H]3O)c(=O)[nH]1. The number of rotatable bonds is 6. The highest BCUT2D eigenvalue weighted by molar-refractivity contribution is 7.48. The average molecular weight is 2000 g/mol. The van der Waals surface area contributed by atoms with Gasteiger partial charge in [-0.1, -0.05) is 0 Å². The van der Waals surface area contributed by atoms with Crippen LogP contribution in [0.15, 0.2) is 106 Å². The van der Waals surface area contributed by atoms with Crippen LogP contribution in [0.5, 0.6) is 0 Å². The zero-order valence-corrected chi connectivity index (χ0v) is 72.8. The highest BCUT2D eigenvalue weighted by Gasteiger charge is 2.59. The number of aliphatic hydroxyl groups is 5. The molecule has 0 saturated carbocycles. The van der Waals surface area contributed by atoms with Crippen molar-refractivity contribution < 1.29 is 165 Å². The number of nitrogens with one attached hydrogen (secondary N) is 4. The number of anilines is 5. The van der Waals surface area contributed by atoms with Crippen molar-refractivity contribution in [3.05, 3.63) is 128 Å². The lowest BCUT2D eigenvalue weighted by molar-refractivity contribution is -0.0673. The number of fused-ring (bicyclic) bond motifs is 15. The maximum absolute atomic E-state index is 13.2. The zero-order valence-electron chi connectivity index (χ0n) is 67.4. The van der Waals surface area contributed by atoms with E-state index < -0.39 is 250 Å². The number of aromatic nitrogens is 19. The molecule has 0 aromatic carbocycles. The van der Waals surface area contributed by atoms with Crippen LogP contribution in [-0.4, -0.2) is 290 Å². The van der Waals surface area contributed by atoms with Crippen LogP contribution in [0.1, 0.15) is 43.8 Å². The molecule has 9 aliphatic heterocycles.